The molecule has 0 saturated heterocycles. The van der Waals surface area contributed by atoms with E-state index in [0.29, 0.717) is 31.8 Å². The van der Waals surface area contributed by atoms with Crippen LogP contribution in [-0.4, -0.2) is 12.4 Å². The van der Waals surface area contributed by atoms with Gasteiger partial charge in [0, 0.05) is 12.4 Å². The van der Waals surface area contributed by atoms with E-state index < -0.39 is 0 Å². The number of aryl methyl sites for hydroxylation is 2. The number of aliphatic imine (C=N–C) groups is 2. The second-order valence-corrected chi connectivity index (χ2v) is 7.53. The third-order valence-corrected chi connectivity index (χ3v) is 4.26. The number of halogens is 2. The highest BCUT2D eigenvalue weighted by atomic mass is 79.9. The van der Waals surface area contributed by atoms with Gasteiger partial charge in [0.05, 0.1) is 8.96 Å². The number of allylic oxidation sites excluding steroid dienone is 2. The van der Waals surface area contributed by atoms with Crippen molar-refractivity contribution in [2.75, 3.05) is 0 Å². The van der Waals surface area contributed by atoms with Crippen LogP contribution in [0.2, 0.25) is 0 Å². The molecule has 0 fully saturated rings. The molecule has 0 unspecified atom stereocenters. The summed E-state index contributed by atoms with van der Waals surface area (Å²) in [5.74, 6) is 1.31. The van der Waals surface area contributed by atoms with E-state index >= 15 is 0 Å². The molecule has 0 bridgehead atoms. The van der Waals surface area contributed by atoms with Gasteiger partial charge in [0.15, 0.2) is 11.5 Å². The molecule has 26 heavy (non-hydrogen) atoms. The van der Waals surface area contributed by atoms with Crippen LogP contribution in [0.1, 0.15) is 11.1 Å². The molecule has 6 heteroatoms. The van der Waals surface area contributed by atoms with Crippen LogP contribution in [0.25, 0.3) is 0 Å². The van der Waals surface area contributed by atoms with Gasteiger partial charge in [-0.05, 0) is 81.1 Å². The minimum absolute atomic E-state index is 0.654. The van der Waals surface area contributed by atoms with Crippen molar-refractivity contribution in [3.63, 3.8) is 0 Å². The number of ether oxygens (including phenoxy) is 2. The summed E-state index contributed by atoms with van der Waals surface area (Å²) in [5, 5.41) is 0. The molecule has 0 amide bonds. The van der Waals surface area contributed by atoms with Crippen molar-refractivity contribution in [1.82, 2.24) is 0 Å². The first-order valence-corrected chi connectivity index (χ1v) is 9.44. The van der Waals surface area contributed by atoms with Gasteiger partial charge in [-0.1, -0.05) is 12.1 Å². The van der Waals surface area contributed by atoms with E-state index in [1.807, 2.05) is 50.2 Å². The Morgan fingerprint density at radius 2 is 1.12 bits per heavy atom. The second-order valence-electron chi connectivity index (χ2n) is 5.70. The lowest BCUT2D eigenvalue weighted by Crippen LogP contribution is -1.90. The summed E-state index contributed by atoms with van der Waals surface area (Å²) in [6.45, 7) is 4.00. The molecule has 1 aliphatic heterocycles. The lowest BCUT2D eigenvalue weighted by atomic mass is 10.2. The molecule has 3 rings (SSSR count). The lowest BCUT2D eigenvalue weighted by Gasteiger charge is -2.08. The maximum atomic E-state index is 5.79. The molecular formula is C20H16Br2N2O2. The highest BCUT2D eigenvalue weighted by Gasteiger charge is 2.05. The van der Waals surface area contributed by atoms with Crippen LogP contribution in [0.3, 0.4) is 0 Å². The van der Waals surface area contributed by atoms with Gasteiger partial charge >= 0.3 is 0 Å². The zero-order valence-electron chi connectivity index (χ0n) is 14.2. The summed E-state index contributed by atoms with van der Waals surface area (Å²) in [6, 6.07) is 11.6. The summed E-state index contributed by atoms with van der Waals surface area (Å²) in [6.07, 6.45) is 6.51. The van der Waals surface area contributed by atoms with Gasteiger partial charge in [-0.15, -0.1) is 0 Å². The number of hydrogen-bond acceptors (Lipinski definition) is 4. The molecule has 132 valence electrons. The molecule has 0 spiro atoms. The van der Waals surface area contributed by atoms with Crippen molar-refractivity contribution in [2.24, 2.45) is 9.98 Å². The number of rotatable bonds is 0. The van der Waals surface area contributed by atoms with Crippen molar-refractivity contribution >= 4 is 55.7 Å². The van der Waals surface area contributed by atoms with Crippen molar-refractivity contribution in [3.8, 4) is 11.5 Å². The summed E-state index contributed by atoms with van der Waals surface area (Å²) in [5.41, 5.74) is 3.59. The van der Waals surface area contributed by atoms with Crippen molar-refractivity contribution in [3.05, 3.63) is 69.0 Å². The summed E-state index contributed by atoms with van der Waals surface area (Å²) in [4.78, 5) is 8.94. The Hall–Kier alpha value is -2.18. The van der Waals surface area contributed by atoms with Gasteiger partial charge in [-0.25, -0.2) is 0 Å². The standard InChI is InChI=1S/C20H16Br2N2O2/c1-13-3-5-17-19(7-13)25-11-15(21)10-24-18-6-4-14(2)8-20(18)26-12-16(22)9-23-17/h3-12H,1-2H3/b15-11+,16-12+,23-9?,24-10?. The fourth-order valence-corrected chi connectivity index (χ4v) is 2.60. The SMILES string of the molecule is Cc1ccc2c(c1)O/C=C(/Br)C=Nc1ccc(C)cc1O/C=C(/Br)C=N2. The minimum atomic E-state index is 0.654. The summed E-state index contributed by atoms with van der Waals surface area (Å²) < 4.78 is 13.0. The van der Waals surface area contributed by atoms with E-state index in [2.05, 4.69) is 41.8 Å². The third kappa shape index (κ3) is 4.93. The van der Waals surface area contributed by atoms with Crippen LogP contribution < -0.4 is 9.47 Å². The van der Waals surface area contributed by atoms with E-state index in [9.17, 15) is 0 Å². The van der Waals surface area contributed by atoms with E-state index in [4.69, 9.17) is 9.47 Å². The van der Waals surface area contributed by atoms with Crippen LogP contribution in [0.4, 0.5) is 11.4 Å². The first-order valence-electron chi connectivity index (χ1n) is 7.85. The van der Waals surface area contributed by atoms with Crippen molar-refractivity contribution in [2.45, 2.75) is 13.8 Å². The Balaban J connectivity index is 2.05. The molecule has 4 nitrogen and oxygen atoms in total. The van der Waals surface area contributed by atoms with Crippen molar-refractivity contribution in [1.29, 1.82) is 0 Å². The monoisotopic (exact) mass is 474 g/mol. The summed E-state index contributed by atoms with van der Waals surface area (Å²) in [7, 11) is 0. The highest BCUT2D eigenvalue weighted by molar-refractivity contribution is 9.12. The smallest absolute Gasteiger partial charge is 0.152 e. The fourth-order valence-electron chi connectivity index (χ4n) is 2.21. The lowest BCUT2D eigenvalue weighted by molar-refractivity contribution is 0.481. The van der Waals surface area contributed by atoms with Crippen LogP contribution in [0.15, 0.2) is 67.9 Å². The Bertz CT molecular complexity index is 869. The zero-order valence-corrected chi connectivity index (χ0v) is 17.4. The van der Waals surface area contributed by atoms with E-state index in [0.717, 1.165) is 11.1 Å². The predicted molar refractivity (Wildman–Crippen MR) is 114 cm³/mol. The maximum absolute atomic E-state index is 5.79. The molecule has 0 atom stereocenters. The van der Waals surface area contributed by atoms with Gasteiger partial charge < -0.3 is 9.47 Å². The molecule has 2 aromatic carbocycles. The maximum Gasteiger partial charge on any atom is 0.152 e. The molecule has 1 heterocycles. The topological polar surface area (TPSA) is 43.2 Å². The molecule has 0 saturated carbocycles. The highest BCUT2D eigenvalue weighted by Crippen LogP contribution is 2.31. The molecule has 0 aliphatic carbocycles. The Morgan fingerprint density at radius 3 is 1.54 bits per heavy atom. The molecule has 0 N–H and O–H groups in total. The zero-order chi connectivity index (χ0) is 18.5. The second kappa shape index (κ2) is 8.47. The quantitative estimate of drug-likeness (QED) is 0.428. The predicted octanol–water partition coefficient (Wildman–Crippen LogP) is 6.65. The van der Waals surface area contributed by atoms with Gasteiger partial charge in [-0.3, -0.25) is 9.98 Å². The fraction of sp³-hybridized carbons (Fsp3) is 0.100. The van der Waals surface area contributed by atoms with Crippen LogP contribution in [-0.2, 0) is 0 Å². The average molecular weight is 476 g/mol. The van der Waals surface area contributed by atoms with Crippen LogP contribution in [0.5, 0.6) is 11.5 Å². The Labute approximate surface area is 169 Å². The number of fused-ring (bicyclic) bond motifs is 2. The third-order valence-electron chi connectivity index (χ3n) is 3.48. The first-order chi connectivity index (χ1) is 12.5. The first kappa shape index (κ1) is 18.6. The number of benzene rings is 2. The largest absolute Gasteiger partial charge is 0.461 e. The van der Waals surface area contributed by atoms with E-state index in [1.54, 1.807) is 25.0 Å². The average Bonchev–Trinajstić information content (AvgIpc) is 2.62. The van der Waals surface area contributed by atoms with E-state index in [1.165, 1.54) is 0 Å². The molecular weight excluding hydrogens is 460 g/mol. The Kier molecular flexibility index (Phi) is 6.06. The van der Waals surface area contributed by atoms with Crippen molar-refractivity contribution < 1.29 is 9.47 Å². The summed E-state index contributed by atoms with van der Waals surface area (Å²) >= 11 is 6.90. The van der Waals surface area contributed by atoms with Crippen LogP contribution in [0, 0.1) is 13.8 Å². The van der Waals surface area contributed by atoms with Gasteiger partial charge in [0.2, 0.25) is 0 Å². The van der Waals surface area contributed by atoms with Gasteiger partial charge in [-0.2, -0.15) is 0 Å². The Morgan fingerprint density at radius 1 is 0.692 bits per heavy atom. The van der Waals surface area contributed by atoms with Gasteiger partial charge in [0.1, 0.15) is 23.9 Å². The molecule has 0 radical (unpaired) electrons. The molecule has 2 aromatic rings. The van der Waals surface area contributed by atoms with E-state index in [-0.39, 0.29) is 0 Å². The van der Waals surface area contributed by atoms with Crippen LogP contribution >= 0.6 is 31.9 Å². The molecule has 0 aromatic heterocycles. The normalized spacial score (nSPS) is 18.2. The minimum Gasteiger partial charge on any atom is -0.461 e. The molecule has 1 aliphatic rings. The number of hydrogen-bond donors (Lipinski definition) is 0. The number of nitrogens with zero attached hydrogens (tertiary/aromatic N) is 2. The van der Waals surface area contributed by atoms with Gasteiger partial charge in [0.25, 0.3) is 0 Å².